The van der Waals surface area contributed by atoms with Crippen LogP contribution in [0.2, 0.25) is 10.0 Å². The van der Waals surface area contributed by atoms with Gasteiger partial charge in [-0.1, -0.05) is 47.5 Å². The van der Waals surface area contributed by atoms with Gasteiger partial charge in [0.25, 0.3) is 23.0 Å². The lowest BCUT2D eigenvalue weighted by atomic mass is 9.81. The SMILES string of the molecule is O=c1c2c(cnn1-c1ncccn1)CC(c1cccc(OC3CC3)c1Cl)CC2.O=c1c2c(cnn1-c1ncccn1)CC(c1cccc(OC3CC3)c1Cl)CC2. The van der Waals surface area contributed by atoms with Crippen LogP contribution in [0.25, 0.3) is 11.9 Å². The van der Waals surface area contributed by atoms with Gasteiger partial charge < -0.3 is 9.47 Å². The molecule has 2 aromatic carbocycles. The molecule has 284 valence electrons. The Kier molecular flexibility index (Phi) is 10.1. The van der Waals surface area contributed by atoms with Crippen molar-refractivity contribution < 1.29 is 9.47 Å². The maximum atomic E-state index is 12.9. The number of halogens is 2. The van der Waals surface area contributed by atoms with Gasteiger partial charge in [-0.05, 0) is 123 Å². The van der Waals surface area contributed by atoms with E-state index in [-0.39, 0.29) is 23.0 Å². The number of ether oxygens (including phenoxy) is 2. The minimum atomic E-state index is -0.140. The number of hydrogen-bond acceptors (Lipinski definition) is 10. The van der Waals surface area contributed by atoms with Gasteiger partial charge >= 0.3 is 0 Å². The van der Waals surface area contributed by atoms with Crippen LogP contribution < -0.4 is 20.6 Å². The van der Waals surface area contributed by atoms with Gasteiger partial charge in [-0.2, -0.15) is 19.6 Å². The Bertz CT molecular complexity index is 2330. The smallest absolute Gasteiger partial charge is 0.277 e. The molecular weight excluding hydrogens is 751 g/mol. The maximum Gasteiger partial charge on any atom is 0.277 e. The summed E-state index contributed by atoms with van der Waals surface area (Å²) in [4.78, 5) is 42.3. The van der Waals surface area contributed by atoms with E-state index in [9.17, 15) is 9.59 Å². The molecule has 6 aromatic rings. The molecule has 4 aromatic heterocycles. The third kappa shape index (κ3) is 7.55. The third-order valence-electron chi connectivity index (χ3n) is 10.7. The van der Waals surface area contributed by atoms with Gasteiger partial charge in [0.05, 0.1) is 34.6 Å². The Balaban J connectivity index is 0.000000146. The first kappa shape index (κ1) is 36.2. The number of benzene rings is 2. The maximum absolute atomic E-state index is 12.9. The summed E-state index contributed by atoms with van der Waals surface area (Å²) in [6.45, 7) is 0. The van der Waals surface area contributed by atoms with Crippen molar-refractivity contribution in [1.82, 2.24) is 39.5 Å². The van der Waals surface area contributed by atoms with Crippen molar-refractivity contribution >= 4 is 23.2 Å². The molecule has 4 aliphatic carbocycles. The molecule has 10 rings (SSSR count). The van der Waals surface area contributed by atoms with E-state index in [1.54, 1.807) is 49.3 Å². The van der Waals surface area contributed by atoms with Gasteiger partial charge in [0.2, 0.25) is 0 Å². The lowest BCUT2D eigenvalue weighted by Gasteiger charge is -2.25. The fraction of sp³-hybridized carbons (Fsp3) is 0.333. The zero-order valence-electron chi connectivity index (χ0n) is 30.4. The van der Waals surface area contributed by atoms with Crippen LogP contribution in [0.1, 0.15) is 83.7 Å². The van der Waals surface area contributed by atoms with Crippen LogP contribution in [-0.4, -0.2) is 51.7 Å². The fourth-order valence-corrected chi connectivity index (χ4v) is 8.17. The van der Waals surface area contributed by atoms with Crippen molar-refractivity contribution in [3.63, 3.8) is 0 Å². The van der Waals surface area contributed by atoms with Crippen LogP contribution in [0.3, 0.4) is 0 Å². The summed E-state index contributed by atoms with van der Waals surface area (Å²) in [7, 11) is 0. The number of fused-ring (bicyclic) bond motifs is 2. The van der Waals surface area contributed by atoms with Crippen LogP contribution in [0.4, 0.5) is 0 Å². The van der Waals surface area contributed by atoms with Gasteiger partial charge in [0, 0.05) is 35.9 Å². The summed E-state index contributed by atoms with van der Waals surface area (Å²) in [6.07, 6.45) is 19.5. The summed E-state index contributed by atoms with van der Waals surface area (Å²) in [5.74, 6) is 2.61. The van der Waals surface area contributed by atoms with E-state index < -0.39 is 0 Å². The molecule has 0 spiro atoms. The minimum absolute atomic E-state index is 0.140. The molecule has 2 atom stereocenters. The van der Waals surface area contributed by atoms with E-state index in [0.717, 1.165) is 96.2 Å². The van der Waals surface area contributed by atoms with E-state index in [4.69, 9.17) is 32.7 Å². The van der Waals surface area contributed by atoms with Crippen molar-refractivity contribution in [2.45, 2.75) is 88.3 Å². The quantitative estimate of drug-likeness (QED) is 0.159. The van der Waals surface area contributed by atoms with Crippen LogP contribution in [0, 0.1) is 0 Å². The average molecular weight is 790 g/mol. The Labute approximate surface area is 332 Å². The molecule has 2 unspecified atom stereocenters. The number of nitrogens with zero attached hydrogens (tertiary/aromatic N) is 8. The lowest BCUT2D eigenvalue weighted by molar-refractivity contribution is 0.302. The summed E-state index contributed by atoms with van der Waals surface area (Å²) in [6, 6.07) is 15.4. The minimum Gasteiger partial charge on any atom is -0.489 e. The molecule has 14 heteroatoms. The summed E-state index contributed by atoms with van der Waals surface area (Å²) >= 11 is 13.3. The summed E-state index contributed by atoms with van der Waals surface area (Å²) in [5, 5.41) is 9.99. The molecule has 0 radical (unpaired) electrons. The molecule has 2 fully saturated rings. The molecule has 0 aliphatic heterocycles. The highest BCUT2D eigenvalue weighted by atomic mass is 35.5. The molecule has 4 aliphatic rings. The standard InChI is InChI=1S/2C21H19ClN4O2/c2*22-19-16(3-1-4-18(19)28-15-6-7-15)13-5-8-17-14(11-13)12-25-26(20(17)27)21-23-9-2-10-24-21/h2*1-4,9-10,12-13,15H,5-8,11H2. The van der Waals surface area contributed by atoms with Crippen LogP contribution in [-0.2, 0) is 25.7 Å². The van der Waals surface area contributed by atoms with Crippen molar-refractivity contribution in [2.75, 3.05) is 0 Å². The van der Waals surface area contributed by atoms with Crippen LogP contribution in [0.15, 0.2) is 95.3 Å². The van der Waals surface area contributed by atoms with Gasteiger partial charge in [-0.3, -0.25) is 9.59 Å². The second-order valence-corrected chi connectivity index (χ2v) is 15.4. The van der Waals surface area contributed by atoms with Crippen molar-refractivity contribution in [1.29, 1.82) is 0 Å². The van der Waals surface area contributed by atoms with Gasteiger partial charge in [0.15, 0.2) is 0 Å². The second kappa shape index (κ2) is 15.6. The first-order chi connectivity index (χ1) is 27.4. The highest BCUT2D eigenvalue weighted by Gasteiger charge is 2.30. The van der Waals surface area contributed by atoms with E-state index in [1.165, 1.54) is 9.36 Å². The summed E-state index contributed by atoms with van der Waals surface area (Å²) < 4.78 is 14.4. The highest BCUT2D eigenvalue weighted by Crippen LogP contribution is 2.42. The van der Waals surface area contributed by atoms with Gasteiger partial charge in [-0.15, -0.1) is 0 Å². The normalized spacial score (nSPS) is 18.5. The molecule has 0 amide bonds. The zero-order chi connectivity index (χ0) is 38.2. The zero-order valence-corrected chi connectivity index (χ0v) is 31.9. The number of aromatic nitrogens is 8. The Morgan fingerprint density at radius 3 is 1.36 bits per heavy atom. The Morgan fingerprint density at radius 1 is 0.554 bits per heavy atom. The van der Waals surface area contributed by atoms with Crippen molar-refractivity contribution in [2.24, 2.45) is 0 Å². The fourth-order valence-electron chi connectivity index (χ4n) is 7.52. The molecule has 0 saturated heterocycles. The Morgan fingerprint density at radius 2 is 0.964 bits per heavy atom. The molecule has 0 bridgehead atoms. The summed E-state index contributed by atoms with van der Waals surface area (Å²) in [5.41, 5.74) is 5.41. The third-order valence-corrected chi connectivity index (χ3v) is 11.5. The van der Waals surface area contributed by atoms with Gasteiger partial charge in [-0.25, -0.2) is 19.9 Å². The van der Waals surface area contributed by atoms with E-state index in [1.807, 2.05) is 24.3 Å². The second-order valence-electron chi connectivity index (χ2n) is 14.7. The van der Waals surface area contributed by atoms with E-state index >= 15 is 0 Å². The van der Waals surface area contributed by atoms with E-state index in [2.05, 4.69) is 42.3 Å². The molecule has 2 saturated carbocycles. The van der Waals surface area contributed by atoms with Gasteiger partial charge in [0.1, 0.15) is 11.5 Å². The highest BCUT2D eigenvalue weighted by molar-refractivity contribution is 6.33. The average Bonchev–Trinajstić information content (AvgIpc) is 4.19. The first-order valence-electron chi connectivity index (χ1n) is 19.1. The molecule has 56 heavy (non-hydrogen) atoms. The molecule has 0 N–H and O–H groups in total. The molecule has 4 heterocycles. The monoisotopic (exact) mass is 788 g/mol. The van der Waals surface area contributed by atoms with Crippen LogP contribution >= 0.6 is 23.2 Å². The van der Waals surface area contributed by atoms with E-state index in [0.29, 0.717) is 47.0 Å². The number of rotatable bonds is 8. The lowest BCUT2D eigenvalue weighted by Crippen LogP contribution is -2.30. The largest absolute Gasteiger partial charge is 0.489 e. The van der Waals surface area contributed by atoms with Crippen molar-refractivity contribution in [3.05, 3.63) is 150 Å². The predicted octanol–water partition coefficient (Wildman–Crippen LogP) is 6.98. The van der Waals surface area contributed by atoms with Crippen molar-refractivity contribution in [3.8, 4) is 23.4 Å². The van der Waals surface area contributed by atoms with Crippen LogP contribution in [0.5, 0.6) is 11.5 Å². The molecular formula is C42H38Cl2N8O4. The molecule has 12 nitrogen and oxygen atoms in total. The predicted molar refractivity (Wildman–Crippen MR) is 211 cm³/mol. The topological polar surface area (TPSA) is 140 Å². The number of hydrogen-bond donors (Lipinski definition) is 0. The first-order valence-corrected chi connectivity index (χ1v) is 19.8. The Hall–Kier alpha value is -5.46.